The summed E-state index contributed by atoms with van der Waals surface area (Å²) in [5.74, 6) is 2.13. The molecule has 0 amide bonds. The second-order valence-electron chi connectivity index (χ2n) is 5.12. The van der Waals surface area contributed by atoms with Crippen LogP contribution < -0.4 is 15.2 Å². The van der Waals surface area contributed by atoms with Gasteiger partial charge in [-0.05, 0) is 43.3 Å². The number of nitrogens with two attached hydrogens (primary N) is 1. The molecular formula is C18H20N4O2. The van der Waals surface area contributed by atoms with Gasteiger partial charge in [0.05, 0.1) is 25.1 Å². The molecule has 3 rings (SSSR count). The molecule has 2 N–H and O–H groups in total. The zero-order valence-corrected chi connectivity index (χ0v) is 13.8. The first-order chi connectivity index (χ1) is 11.8. The first-order valence-corrected chi connectivity index (χ1v) is 7.78. The lowest BCUT2D eigenvalue weighted by atomic mass is 10.1. The van der Waals surface area contributed by atoms with E-state index in [4.69, 9.17) is 15.2 Å². The molecule has 0 aliphatic carbocycles. The zero-order chi connectivity index (χ0) is 16.9. The fourth-order valence-electron chi connectivity index (χ4n) is 2.49. The van der Waals surface area contributed by atoms with E-state index >= 15 is 0 Å². The van der Waals surface area contributed by atoms with Crippen molar-refractivity contribution in [2.24, 2.45) is 5.73 Å². The highest BCUT2D eigenvalue weighted by molar-refractivity contribution is 5.66. The number of nitrogens with zero attached hydrogens (tertiary/aromatic N) is 3. The van der Waals surface area contributed by atoms with E-state index in [0.29, 0.717) is 24.7 Å². The van der Waals surface area contributed by atoms with Gasteiger partial charge in [0.15, 0.2) is 17.3 Å². The lowest BCUT2D eigenvalue weighted by Crippen LogP contribution is -2.03. The van der Waals surface area contributed by atoms with Gasteiger partial charge in [-0.15, -0.1) is 0 Å². The molecule has 1 aromatic carbocycles. The van der Waals surface area contributed by atoms with E-state index in [2.05, 4.69) is 10.1 Å². The number of hydrogen-bond acceptors (Lipinski definition) is 5. The van der Waals surface area contributed by atoms with Gasteiger partial charge in [-0.2, -0.15) is 5.10 Å². The van der Waals surface area contributed by atoms with Gasteiger partial charge in [-0.25, -0.2) is 9.67 Å². The maximum absolute atomic E-state index is 5.77. The summed E-state index contributed by atoms with van der Waals surface area (Å²) in [6, 6.07) is 13.5. The van der Waals surface area contributed by atoms with Crippen LogP contribution in [0.4, 0.5) is 0 Å². The van der Waals surface area contributed by atoms with Gasteiger partial charge in [0.1, 0.15) is 0 Å². The molecule has 2 heterocycles. The van der Waals surface area contributed by atoms with E-state index in [1.54, 1.807) is 18.0 Å². The summed E-state index contributed by atoms with van der Waals surface area (Å²) >= 11 is 0. The second-order valence-corrected chi connectivity index (χ2v) is 5.12. The molecule has 3 aromatic rings. The van der Waals surface area contributed by atoms with E-state index < -0.39 is 0 Å². The van der Waals surface area contributed by atoms with Crippen LogP contribution in [0.25, 0.3) is 17.1 Å². The van der Waals surface area contributed by atoms with Crippen LogP contribution >= 0.6 is 0 Å². The Morgan fingerprint density at radius 3 is 2.67 bits per heavy atom. The van der Waals surface area contributed by atoms with Crippen LogP contribution in [0.2, 0.25) is 0 Å². The van der Waals surface area contributed by atoms with Crippen LogP contribution in [0.3, 0.4) is 0 Å². The topological polar surface area (TPSA) is 75.2 Å². The van der Waals surface area contributed by atoms with Crippen molar-refractivity contribution in [3.8, 4) is 28.6 Å². The minimum absolute atomic E-state index is 0.362. The van der Waals surface area contributed by atoms with E-state index in [0.717, 1.165) is 22.8 Å². The van der Waals surface area contributed by atoms with Gasteiger partial charge in [-0.1, -0.05) is 6.07 Å². The average molecular weight is 324 g/mol. The number of benzene rings is 1. The Morgan fingerprint density at radius 2 is 2.00 bits per heavy atom. The molecule has 0 unspecified atom stereocenters. The molecule has 0 saturated carbocycles. The first-order valence-electron chi connectivity index (χ1n) is 7.78. The number of ether oxygens (including phenoxy) is 2. The van der Waals surface area contributed by atoms with Crippen LogP contribution in [-0.2, 0) is 6.54 Å². The van der Waals surface area contributed by atoms with E-state index in [-0.39, 0.29) is 0 Å². The summed E-state index contributed by atoms with van der Waals surface area (Å²) < 4.78 is 12.8. The van der Waals surface area contributed by atoms with Crippen molar-refractivity contribution in [3.63, 3.8) is 0 Å². The summed E-state index contributed by atoms with van der Waals surface area (Å²) in [5.41, 5.74) is 8.42. The summed E-state index contributed by atoms with van der Waals surface area (Å²) in [6.07, 6.45) is 1.74. The maximum Gasteiger partial charge on any atom is 0.161 e. The average Bonchev–Trinajstić information content (AvgIpc) is 3.07. The van der Waals surface area contributed by atoms with Crippen LogP contribution in [0.1, 0.15) is 12.6 Å². The normalized spacial score (nSPS) is 10.6. The van der Waals surface area contributed by atoms with Crippen molar-refractivity contribution in [2.45, 2.75) is 13.5 Å². The van der Waals surface area contributed by atoms with Crippen molar-refractivity contribution in [2.75, 3.05) is 13.7 Å². The van der Waals surface area contributed by atoms with Crippen LogP contribution in [-0.4, -0.2) is 28.5 Å². The number of aromatic nitrogens is 3. The van der Waals surface area contributed by atoms with Gasteiger partial charge < -0.3 is 15.2 Å². The summed E-state index contributed by atoms with van der Waals surface area (Å²) in [6.45, 7) is 2.87. The van der Waals surface area contributed by atoms with Crippen molar-refractivity contribution < 1.29 is 9.47 Å². The van der Waals surface area contributed by atoms with Crippen molar-refractivity contribution in [3.05, 3.63) is 54.4 Å². The molecule has 0 aliphatic rings. The Balaban J connectivity index is 2.12. The quantitative estimate of drug-likeness (QED) is 0.754. The molecular weight excluding hydrogens is 304 g/mol. The zero-order valence-electron chi connectivity index (χ0n) is 13.8. The van der Waals surface area contributed by atoms with Crippen LogP contribution in [0.15, 0.2) is 48.7 Å². The molecule has 0 fully saturated rings. The minimum atomic E-state index is 0.362. The highest BCUT2D eigenvalue weighted by Crippen LogP contribution is 2.33. The monoisotopic (exact) mass is 324 g/mol. The van der Waals surface area contributed by atoms with Crippen molar-refractivity contribution in [1.82, 2.24) is 14.8 Å². The van der Waals surface area contributed by atoms with Crippen LogP contribution in [0, 0.1) is 0 Å². The van der Waals surface area contributed by atoms with Crippen molar-refractivity contribution >= 4 is 0 Å². The standard InChI is InChI=1S/C18H20N4O2/c1-3-24-17-10-13(7-8-16(17)23-2)15-11-14(12-19)21-22(15)18-6-4-5-9-20-18/h4-11H,3,12,19H2,1-2H3. The van der Waals surface area contributed by atoms with Gasteiger partial charge in [0.25, 0.3) is 0 Å². The molecule has 0 radical (unpaired) electrons. The lowest BCUT2D eigenvalue weighted by Gasteiger charge is -2.12. The van der Waals surface area contributed by atoms with Gasteiger partial charge in [0.2, 0.25) is 0 Å². The molecule has 0 atom stereocenters. The smallest absolute Gasteiger partial charge is 0.161 e. The Hall–Kier alpha value is -2.86. The molecule has 6 nitrogen and oxygen atoms in total. The maximum atomic E-state index is 5.77. The van der Waals surface area contributed by atoms with E-state index in [1.165, 1.54) is 0 Å². The first kappa shape index (κ1) is 16.0. The Kier molecular flexibility index (Phi) is 4.77. The highest BCUT2D eigenvalue weighted by Gasteiger charge is 2.14. The Labute approximate surface area is 140 Å². The third-order valence-electron chi connectivity index (χ3n) is 3.59. The molecule has 24 heavy (non-hydrogen) atoms. The molecule has 124 valence electrons. The number of hydrogen-bond donors (Lipinski definition) is 1. The van der Waals surface area contributed by atoms with E-state index in [9.17, 15) is 0 Å². The molecule has 2 aromatic heterocycles. The fraction of sp³-hybridized carbons (Fsp3) is 0.222. The summed E-state index contributed by atoms with van der Waals surface area (Å²) in [5, 5.41) is 4.55. The molecule has 0 saturated heterocycles. The Morgan fingerprint density at radius 1 is 1.12 bits per heavy atom. The van der Waals surface area contributed by atoms with Gasteiger partial charge >= 0.3 is 0 Å². The number of methoxy groups -OCH3 is 1. The van der Waals surface area contributed by atoms with Crippen LogP contribution in [0.5, 0.6) is 11.5 Å². The molecule has 0 aliphatic heterocycles. The van der Waals surface area contributed by atoms with Gasteiger partial charge in [0, 0.05) is 18.3 Å². The predicted octanol–water partition coefficient (Wildman–Crippen LogP) is 2.80. The SMILES string of the molecule is CCOc1cc(-c2cc(CN)nn2-c2ccccn2)ccc1OC. The molecule has 0 bridgehead atoms. The Bertz CT molecular complexity index is 815. The number of pyridine rings is 1. The van der Waals surface area contributed by atoms with E-state index in [1.807, 2.05) is 49.4 Å². The third-order valence-corrected chi connectivity index (χ3v) is 3.59. The second kappa shape index (κ2) is 7.14. The van der Waals surface area contributed by atoms with Gasteiger partial charge in [-0.3, -0.25) is 0 Å². The lowest BCUT2D eigenvalue weighted by molar-refractivity contribution is 0.311. The largest absolute Gasteiger partial charge is 0.493 e. The number of rotatable bonds is 6. The fourth-order valence-corrected chi connectivity index (χ4v) is 2.49. The summed E-state index contributed by atoms with van der Waals surface area (Å²) in [7, 11) is 1.63. The summed E-state index contributed by atoms with van der Waals surface area (Å²) in [4.78, 5) is 4.38. The van der Waals surface area contributed by atoms with Crippen molar-refractivity contribution in [1.29, 1.82) is 0 Å². The minimum Gasteiger partial charge on any atom is -0.493 e. The highest BCUT2D eigenvalue weighted by atomic mass is 16.5. The predicted molar refractivity (Wildman–Crippen MR) is 92.4 cm³/mol. The molecule has 6 heteroatoms. The third kappa shape index (κ3) is 3.09. The molecule has 0 spiro atoms.